The maximum atomic E-state index is 12.5. The largest absolute Gasteiger partial charge is 0.573 e. The normalized spacial score (nSPS) is 12.5. The first-order valence-corrected chi connectivity index (χ1v) is 7.20. The minimum absolute atomic E-state index is 0.00384. The van der Waals surface area contributed by atoms with E-state index in [4.69, 9.17) is 9.52 Å². The van der Waals surface area contributed by atoms with Gasteiger partial charge in [-0.1, -0.05) is 19.1 Å². The molecule has 0 saturated heterocycles. The fraction of sp³-hybridized carbons (Fsp3) is 0.250. The predicted octanol–water partition coefficient (Wildman–Crippen LogP) is 3.44. The number of amides is 1. The Morgan fingerprint density at radius 1 is 1.24 bits per heavy atom. The summed E-state index contributed by atoms with van der Waals surface area (Å²) in [5.41, 5.74) is 0.00384. The molecule has 2 rings (SSSR count). The maximum Gasteiger partial charge on any atom is 0.573 e. The van der Waals surface area contributed by atoms with Crippen LogP contribution < -0.4 is 10.1 Å². The van der Waals surface area contributed by atoms with Gasteiger partial charge in [0.2, 0.25) is 0 Å². The number of alkyl halides is 3. The Hall–Kier alpha value is -2.97. The number of ether oxygens (including phenoxy) is 1. The van der Waals surface area contributed by atoms with Crippen molar-refractivity contribution in [2.45, 2.75) is 25.7 Å². The molecule has 1 heterocycles. The summed E-state index contributed by atoms with van der Waals surface area (Å²) in [5.74, 6) is -2.71. The average Bonchev–Trinajstić information content (AvgIpc) is 3.01. The Balaban J connectivity index is 2.24. The summed E-state index contributed by atoms with van der Waals surface area (Å²) in [5, 5.41) is 11.2. The third-order valence-electron chi connectivity index (χ3n) is 3.22. The van der Waals surface area contributed by atoms with Crippen molar-refractivity contribution < 1.29 is 37.0 Å². The molecule has 1 amide bonds. The van der Waals surface area contributed by atoms with Crippen LogP contribution in [0.2, 0.25) is 0 Å². The molecule has 0 aliphatic rings. The maximum absolute atomic E-state index is 12.5. The molecule has 0 aliphatic heterocycles. The van der Waals surface area contributed by atoms with Crippen LogP contribution in [0.5, 0.6) is 5.75 Å². The van der Waals surface area contributed by atoms with E-state index >= 15 is 0 Å². The van der Waals surface area contributed by atoms with Gasteiger partial charge < -0.3 is 19.6 Å². The fourth-order valence-corrected chi connectivity index (χ4v) is 2.06. The van der Waals surface area contributed by atoms with Crippen molar-refractivity contribution >= 4 is 11.9 Å². The van der Waals surface area contributed by atoms with Crippen LogP contribution in [0.3, 0.4) is 0 Å². The molecule has 0 spiro atoms. The lowest BCUT2D eigenvalue weighted by atomic mass is 10.1. The van der Waals surface area contributed by atoms with Crippen LogP contribution in [-0.4, -0.2) is 29.4 Å². The number of carbonyl (C=O) groups is 2. The second-order valence-corrected chi connectivity index (χ2v) is 4.98. The number of rotatable bonds is 6. The molecule has 25 heavy (non-hydrogen) atoms. The second kappa shape index (κ2) is 7.29. The Morgan fingerprint density at radius 2 is 1.92 bits per heavy atom. The Bertz CT molecular complexity index is 769. The van der Waals surface area contributed by atoms with Crippen molar-refractivity contribution in [1.82, 2.24) is 5.32 Å². The number of hydrogen-bond acceptors (Lipinski definition) is 4. The number of carbonyl (C=O) groups excluding carboxylic acids is 1. The van der Waals surface area contributed by atoms with E-state index in [-0.39, 0.29) is 23.5 Å². The molecule has 2 N–H and O–H groups in total. The van der Waals surface area contributed by atoms with Gasteiger partial charge in [-0.2, -0.15) is 0 Å². The van der Waals surface area contributed by atoms with Crippen LogP contribution in [0, 0.1) is 0 Å². The highest BCUT2D eigenvalue weighted by atomic mass is 19.4. The Morgan fingerprint density at radius 3 is 2.52 bits per heavy atom. The van der Waals surface area contributed by atoms with Crippen LogP contribution in [0.4, 0.5) is 13.2 Å². The fourth-order valence-electron chi connectivity index (χ4n) is 2.06. The number of aliphatic carboxylic acids is 1. The molecule has 9 heteroatoms. The van der Waals surface area contributed by atoms with Crippen LogP contribution in [0.25, 0.3) is 11.3 Å². The number of carboxylic acid groups (broad SMARTS) is 1. The number of carboxylic acids is 1. The molecule has 0 aliphatic carbocycles. The Labute approximate surface area is 140 Å². The molecule has 1 unspecified atom stereocenters. The predicted molar refractivity (Wildman–Crippen MR) is 80.0 cm³/mol. The van der Waals surface area contributed by atoms with E-state index < -0.39 is 30.0 Å². The van der Waals surface area contributed by atoms with Gasteiger partial charge in [0, 0.05) is 0 Å². The number of furan rings is 1. The molecule has 2 aromatic rings. The third kappa shape index (κ3) is 4.75. The van der Waals surface area contributed by atoms with Gasteiger partial charge in [-0.15, -0.1) is 13.2 Å². The molecule has 0 radical (unpaired) electrons. The van der Waals surface area contributed by atoms with Crippen molar-refractivity contribution in [1.29, 1.82) is 0 Å². The Kier molecular flexibility index (Phi) is 5.35. The monoisotopic (exact) mass is 357 g/mol. The quantitative estimate of drug-likeness (QED) is 0.827. The zero-order valence-electron chi connectivity index (χ0n) is 13.0. The van der Waals surface area contributed by atoms with Gasteiger partial charge in [-0.3, -0.25) is 4.79 Å². The topological polar surface area (TPSA) is 88.8 Å². The molecule has 1 aromatic carbocycles. The molecule has 0 saturated carbocycles. The third-order valence-corrected chi connectivity index (χ3v) is 3.22. The first-order chi connectivity index (χ1) is 11.7. The minimum Gasteiger partial charge on any atom is -0.480 e. The van der Waals surface area contributed by atoms with E-state index in [0.29, 0.717) is 0 Å². The lowest BCUT2D eigenvalue weighted by Crippen LogP contribution is -2.40. The number of para-hydroxylation sites is 1. The van der Waals surface area contributed by atoms with E-state index in [2.05, 4.69) is 10.1 Å². The number of halogens is 3. The summed E-state index contributed by atoms with van der Waals surface area (Å²) < 4.78 is 46.6. The van der Waals surface area contributed by atoms with E-state index in [0.717, 1.165) is 6.07 Å². The highest BCUT2D eigenvalue weighted by molar-refractivity contribution is 5.94. The van der Waals surface area contributed by atoms with Crippen LogP contribution >= 0.6 is 0 Å². The summed E-state index contributed by atoms with van der Waals surface area (Å²) in [6.07, 6.45) is -4.71. The molecule has 0 bridgehead atoms. The van der Waals surface area contributed by atoms with Crippen molar-refractivity contribution in [3.63, 3.8) is 0 Å². The average molecular weight is 357 g/mol. The van der Waals surface area contributed by atoms with Gasteiger partial charge in [0.1, 0.15) is 17.6 Å². The first kappa shape index (κ1) is 18.4. The molecule has 0 fully saturated rings. The minimum atomic E-state index is -4.88. The smallest absolute Gasteiger partial charge is 0.480 e. The number of hydrogen-bond donors (Lipinski definition) is 2. The lowest BCUT2D eigenvalue weighted by molar-refractivity contribution is -0.274. The highest BCUT2D eigenvalue weighted by Crippen LogP contribution is 2.34. The summed E-state index contributed by atoms with van der Waals surface area (Å²) in [4.78, 5) is 22.9. The summed E-state index contributed by atoms with van der Waals surface area (Å²) in [6.45, 7) is 1.58. The number of nitrogens with one attached hydrogen (secondary N) is 1. The molecule has 134 valence electrons. The van der Waals surface area contributed by atoms with Crippen molar-refractivity contribution in [3.05, 3.63) is 42.2 Å². The van der Waals surface area contributed by atoms with Crippen LogP contribution in [0.1, 0.15) is 23.9 Å². The summed E-state index contributed by atoms with van der Waals surface area (Å²) in [6, 6.07) is 6.75. The van der Waals surface area contributed by atoms with Crippen molar-refractivity contribution in [3.8, 4) is 17.1 Å². The SMILES string of the molecule is CCC(NC(=O)c1ccc(-c2ccccc2OC(F)(F)F)o1)C(=O)O. The molecule has 1 atom stereocenters. The van der Waals surface area contributed by atoms with Gasteiger partial charge in [0.15, 0.2) is 5.76 Å². The van der Waals surface area contributed by atoms with E-state index in [1.54, 1.807) is 6.92 Å². The van der Waals surface area contributed by atoms with Crippen LogP contribution in [0.15, 0.2) is 40.8 Å². The first-order valence-electron chi connectivity index (χ1n) is 7.20. The second-order valence-electron chi connectivity index (χ2n) is 4.98. The van der Waals surface area contributed by atoms with Crippen molar-refractivity contribution in [2.75, 3.05) is 0 Å². The van der Waals surface area contributed by atoms with Gasteiger partial charge in [0.05, 0.1) is 5.56 Å². The van der Waals surface area contributed by atoms with E-state index in [1.165, 1.54) is 30.3 Å². The standard InChI is InChI=1S/C16H14F3NO5/c1-2-10(15(22)23)20-14(21)13-8-7-11(24-13)9-5-3-4-6-12(9)25-16(17,18)19/h3-8,10H,2H2,1H3,(H,20,21)(H,22,23). The summed E-state index contributed by atoms with van der Waals surface area (Å²) >= 11 is 0. The van der Waals surface area contributed by atoms with Gasteiger partial charge in [-0.25, -0.2) is 4.79 Å². The van der Waals surface area contributed by atoms with Crippen molar-refractivity contribution in [2.24, 2.45) is 0 Å². The van der Waals surface area contributed by atoms with E-state index in [1.807, 2.05) is 0 Å². The molecule has 6 nitrogen and oxygen atoms in total. The zero-order valence-corrected chi connectivity index (χ0v) is 13.0. The van der Waals surface area contributed by atoms with Crippen LogP contribution in [-0.2, 0) is 4.79 Å². The molecular formula is C16H14F3NO5. The highest BCUT2D eigenvalue weighted by Gasteiger charge is 2.32. The number of benzene rings is 1. The summed E-state index contributed by atoms with van der Waals surface area (Å²) in [7, 11) is 0. The molecule has 1 aromatic heterocycles. The molecular weight excluding hydrogens is 343 g/mol. The van der Waals surface area contributed by atoms with Gasteiger partial charge in [-0.05, 0) is 30.7 Å². The lowest BCUT2D eigenvalue weighted by Gasteiger charge is -2.12. The van der Waals surface area contributed by atoms with Gasteiger partial charge >= 0.3 is 12.3 Å². The van der Waals surface area contributed by atoms with Gasteiger partial charge in [0.25, 0.3) is 5.91 Å². The van der Waals surface area contributed by atoms with E-state index in [9.17, 15) is 22.8 Å². The zero-order chi connectivity index (χ0) is 18.6.